The highest BCUT2D eigenvalue weighted by Crippen LogP contribution is 2.28. The van der Waals surface area contributed by atoms with E-state index in [1.54, 1.807) is 17.5 Å². The Morgan fingerprint density at radius 2 is 2.09 bits per heavy atom. The third-order valence-electron chi connectivity index (χ3n) is 3.76. The second kappa shape index (κ2) is 5.42. The fourth-order valence-corrected chi connectivity index (χ4v) is 3.57. The van der Waals surface area contributed by atoms with Crippen LogP contribution < -0.4 is 4.74 Å². The van der Waals surface area contributed by atoms with Crippen LogP contribution in [0.5, 0.6) is 5.88 Å². The Labute approximate surface area is 132 Å². The molecule has 22 heavy (non-hydrogen) atoms. The predicted octanol–water partition coefficient (Wildman–Crippen LogP) is 4.24. The van der Waals surface area contributed by atoms with Crippen molar-refractivity contribution in [1.29, 1.82) is 0 Å². The molecule has 4 rings (SSSR count). The first-order chi connectivity index (χ1) is 10.9. The summed E-state index contributed by atoms with van der Waals surface area (Å²) in [5.41, 5.74) is 3.08. The Bertz CT molecular complexity index is 941. The van der Waals surface area contributed by atoms with E-state index in [9.17, 15) is 0 Å². The molecular weight excluding hydrogens is 294 g/mol. The SMILES string of the molecule is CCn1cnc2ccnc(OCc3csc4ccccc34)c21. The van der Waals surface area contributed by atoms with Gasteiger partial charge in [0, 0.05) is 23.0 Å². The standard InChI is InChI=1S/C17H15N3OS/c1-2-20-11-19-14-7-8-18-17(16(14)20)21-9-12-10-22-15-6-4-3-5-13(12)15/h3-8,10-11H,2,9H2,1H3. The van der Waals surface area contributed by atoms with E-state index in [1.165, 1.54) is 15.6 Å². The summed E-state index contributed by atoms with van der Waals surface area (Å²) in [6.45, 7) is 3.45. The van der Waals surface area contributed by atoms with Gasteiger partial charge in [0.15, 0.2) is 0 Å². The maximum atomic E-state index is 6.01. The summed E-state index contributed by atoms with van der Waals surface area (Å²) >= 11 is 1.74. The Hall–Kier alpha value is -2.40. The van der Waals surface area contributed by atoms with Gasteiger partial charge in [0.1, 0.15) is 12.1 Å². The molecule has 0 saturated carbocycles. The van der Waals surface area contributed by atoms with E-state index in [4.69, 9.17) is 4.74 Å². The number of imidazole rings is 1. The van der Waals surface area contributed by atoms with E-state index in [-0.39, 0.29) is 0 Å². The molecule has 5 heteroatoms. The van der Waals surface area contributed by atoms with Crippen molar-refractivity contribution >= 4 is 32.5 Å². The number of aryl methyl sites for hydroxylation is 1. The lowest BCUT2D eigenvalue weighted by molar-refractivity contribution is 0.298. The van der Waals surface area contributed by atoms with Gasteiger partial charge in [0.2, 0.25) is 5.88 Å². The maximum Gasteiger partial charge on any atom is 0.240 e. The van der Waals surface area contributed by atoms with E-state index in [2.05, 4.69) is 51.1 Å². The average Bonchev–Trinajstić information content (AvgIpc) is 3.17. The molecule has 0 aliphatic heterocycles. The zero-order valence-corrected chi connectivity index (χ0v) is 13.0. The minimum atomic E-state index is 0.519. The van der Waals surface area contributed by atoms with Gasteiger partial charge >= 0.3 is 0 Å². The lowest BCUT2D eigenvalue weighted by Gasteiger charge is -2.08. The number of ether oxygens (including phenoxy) is 1. The van der Waals surface area contributed by atoms with E-state index < -0.39 is 0 Å². The number of hydrogen-bond acceptors (Lipinski definition) is 4. The summed E-state index contributed by atoms with van der Waals surface area (Å²) in [5, 5.41) is 3.41. The summed E-state index contributed by atoms with van der Waals surface area (Å²) in [4.78, 5) is 8.78. The van der Waals surface area contributed by atoms with Crippen molar-refractivity contribution in [2.75, 3.05) is 0 Å². The number of thiophene rings is 1. The maximum absolute atomic E-state index is 6.01. The van der Waals surface area contributed by atoms with Crippen LogP contribution >= 0.6 is 11.3 Å². The monoisotopic (exact) mass is 309 g/mol. The molecule has 1 aromatic carbocycles. The molecule has 3 aromatic heterocycles. The summed E-state index contributed by atoms with van der Waals surface area (Å²) in [6, 6.07) is 10.3. The average molecular weight is 309 g/mol. The molecule has 0 bridgehead atoms. The van der Waals surface area contributed by atoms with Gasteiger partial charge in [-0.25, -0.2) is 9.97 Å². The van der Waals surface area contributed by atoms with E-state index in [0.29, 0.717) is 12.5 Å². The third-order valence-corrected chi connectivity index (χ3v) is 4.77. The normalized spacial score (nSPS) is 11.3. The minimum absolute atomic E-state index is 0.519. The van der Waals surface area contributed by atoms with Crippen molar-refractivity contribution in [2.24, 2.45) is 0 Å². The molecule has 0 atom stereocenters. The highest BCUT2D eigenvalue weighted by atomic mass is 32.1. The first-order valence-corrected chi connectivity index (χ1v) is 8.12. The molecule has 0 amide bonds. The summed E-state index contributed by atoms with van der Waals surface area (Å²) in [6.07, 6.45) is 3.58. The van der Waals surface area contributed by atoms with Gasteiger partial charge in [-0.3, -0.25) is 0 Å². The van der Waals surface area contributed by atoms with E-state index >= 15 is 0 Å². The largest absolute Gasteiger partial charge is 0.471 e. The predicted molar refractivity (Wildman–Crippen MR) is 89.4 cm³/mol. The quantitative estimate of drug-likeness (QED) is 0.566. The van der Waals surface area contributed by atoms with Gasteiger partial charge in [-0.1, -0.05) is 18.2 Å². The molecular formula is C17H15N3OS. The van der Waals surface area contributed by atoms with Gasteiger partial charge in [-0.2, -0.15) is 0 Å². The fraction of sp³-hybridized carbons (Fsp3) is 0.176. The Kier molecular flexibility index (Phi) is 3.27. The van der Waals surface area contributed by atoms with Crippen molar-refractivity contribution < 1.29 is 4.74 Å². The third kappa shape index (κ3) is 2.14. The summed E-state index contributed by atoms with van der Waals surface area (Å²) in [5.74, 6) is 0.645. The van der Waals surface area contributed by atoms with Crippen LogP contribution in [0.4, 0.5) is 0 Å². The number of benzene rings is 1. The van der Waals surface area contributed by atoms with Crippen LogP contribution in [0.1, 0.15) is 12.5 Å². The first-order valence-electron chi connectivity index (χ1n) is 7.24. The van der Waals surface area contributed by atoms with Crippen LogP contribution in [0.25, 0.3) is 21.1 Å². The van der Waals surface area contributed by atoms with E-state index in [0.717, 1.165) is 17.6 Å². The topological polar surface area (TPSA) is 39.9 Å². The lowest BCUT2D eigenvalue weighted by Crippen LogP contribution is -2.00. The molecule has 0 saturated heterocycles. The lowest BCUT2D eigenvalue weighted by atomic mass is 10.2. The van der Waals surface area contributed by atoms with Crippen LogP contribution in [-0.2, 0) is 13.2 Å². The number of aromatic nitrogens is 3. The molecule has 0 aliphatic rings. The summed E-state index contributed by atoms with van der Waals surface area (Å²) in [7, 11) is 0. The Morgan fingerprint density at radius 1 is 1.18 bits per heavy atom. The van der Waals surface area contributed by atoms with Crippen LogP contribution in [0.15, 0.2) is 48.2 Å². The molecule has 0 aliphatic carbocycles. The van der Waals surface area contributed by atoms with Gasteiger partial charge in [0.05, 0.1) is 11.8 Å². The number of pyridine rings is 1. The molecule has 0 N–H and O–H groups in total. The number of hydrogen-bond donors (Lipinski definition) is 0. The molecule has 4 aromatic rings. The van der Waals surface area contributed by atoms with Gasteiger partial charge in [-0.05, 0) is 29.8 Å². The van der Waals surface area contributed by atoms with Crippen LogP contribution in [0, 0.1) is 0 Å². The van der Waals surface area contributed by atoms with E-state index in [1.807, 2.05) is 12.4 Å². The fourth-order valence-electron chi connectivity index (χ4n) is 2.63. The highest BCUT2D eigenvalue weighted by Gasteiger charge is 2.11. The Morgan fingerprint density at radius 3 is 3.00 bits per heavy atom. The van der Waals surface area contributed by atoms with Crippen LogP contribution in [0.2, 0.25) is 0 Å². The smallest absolute Gasteiger partial charge is 0.240 e. The zero-order valence-electron chi connectivity index (χ0n) is 12.2. The Balaban J connectivity index is 1.68. The molecule has 0 unspecified atom stereocenters. The van der Waals surface area contributed by atoms with Gasteiger partial charge in [-0.15, -0.1) is 11.3 Å². The second-order valence-corrected chi connectivity index (χ2v) is 5.97. The van der Waals surface area contributed by atoms with Crippen LogP contribution in [-0.4, -0.2) is 14.5 Å². The van der Waals surface area contributed by atoms with Crippen molar-refractivity contribution in [3.63, 3.8) is 0 Å². The van der Waals surface area contributed by atoms with Crippen LogP contribution in [0.3, 0.4) is 0 Å². The van der Waals surface area contributed by atoms with Crippen molar-refractivity contribution in [3.05, 3.63) is 53.8 Å². The van der Waals surface area contributed by atoms with Gasteiger partial charge in [0.25, 0.3) is 0 Å². The molecule has 110 valence electrons. The van der Waals surface area contributed by atoms with Crippen molar-refractivity contribution in [2.45, 2.75) is 20.1 Å². The van der Waals surface area contributed by atoms with Crippen molar-refractivity contribution in [1.82, 2.24) is 14.5 Å². The van der Waals surface area contributed by atoms with Gasteiger partial charge < -0.3 is 9.30 Å². The first kappa shape index (κ1) is 13.3. The zero-order chi connectivity index (χ0) is 14.9. The number of nitrogens with zero attached hydrogens (tertiary/aromatic N) is 3. The second-order valence-electron chi connectivity index (χ2n) is 5.06. The minimum Gasteiger partial charge on any atom is -0.471 e. The number of rotatable bonds is 4. The number of fused-ring (bicyclic) bond motifs is 2. The molecule has 0 spiro atoms. The highest BCUT2D eigenvalue weighted by molar-refractivity contribution is 7.17. The molecule has 0 radical (unpaired) electrons. The molecule has 4 nitrogen and oxygen atoms in total. The molecule has 3 heterocycles. The van der Waals surface area contributed by atoms with Crippen molar-refractivity contribution in [3.8, 4) is 5.88 Å². The summed E-state index contributed by atoms with van der Waals surface area (Å²) < 4.78 is 9.35. The molecule has 0 fully saturated rings.